The molecule has 2 heterocycles. The Morgan fingerprint density at radius 3 is 3.06 bits per heavy atom. The summed E-state index contributed by atoms with van der Waals surface area (Å²) >= 11 is 0. The number of nitrogens with one attached hydrogen (secondary N) is 1. The number of rotatable bonds is 5. The average molecular weight is 250 g/mol. The van der Waals surface area contributed by atoms with E-state index in [0.29, 0.717) is 25.9 Å². The molecule has 5 heteroatoms. The van der Waals surface area contributed by atoms with Gasteiger partial charge in [0.2, 0.25) is 11.8 Å². The standard InChI is InChI=1S/C13H18N2O3/c16-12(10-15-8-2-1-5-13(15)17)14-7-6-11-4-3-9-18-11/h3-4,9H,1-2,5-8,10H2,(H,14,16). The maximum Gasteiger partial charge on any atom is 0.239 e. The van der Waals surface area contributed by atoms with Crippen LogP contribution in [-0.4, -0.2) is 36.3 Å². The molecule has 1 aliphatic rings. The number of hydrogen-bond donors (Lipinski definition) is 1. The van der Waals surface area contributed by atoms with E-state index < -0.39 is 0 Å². The van der Waals surface area contributed by atoms with Gasteiger partial charge in [-0.25, -0.2) is 0 Å². The van der Waals surface area contributed by atoms with Crippen LogP contribution in [0.3, 0.4) is 0 Å². The van der Waals surface area contributed by atoms with Crippen LogP contribution in [0.15, 0.2) is 22.8 Å². The third-order valence-corrected chi connectivity index (χ3v) is 3.03. The van der Waals surface area contributed by atoms with Crippen molar-refractivity contribution in [1.82, 2.24) is 10.2 Å². The van der Waals surface area contributed by atoms with Crippen LogP contribution in [0.5, 0.6) is 0 Å². The van der Waals surface area contributed by atoms with Gasteiger partial charge in [0.15, 0.2) is 0 Å². The van der Waals surface area contributed by atoms with E-state index >= 15 is 0 Å². The van der Waals surface area contributed by atoms with E-state index in [2.05, 4.69) is 5.32 Å². The molecular formula is C13H18N2O3. The summed E-state index contributed by atoms with van der Waals surface area (Å²) in [6, 6.07) is 3.70. The van der Waals surface area contributed by atoms with Crippen molar-refractivity contribution in [1.29, 1.82) is 0 Å². The summed E-state index contributed by atoms with van der Waals surface area (Å²) in [5.74, 6) is 0.837. The molecule has 0 atom stereocenters. The van der Waals surface area contributed by atoms with Crippen LogP contribution in [-0.2, 0) is 16.0 Å². The van der Waals surface area contributed by atoms with Gasteiger partial charge in [-0.2, -0.15) is 0 Å². The van der Waals surface area contributed by atoms with Gasteiger partial charge < -0.3 is 14.6 Å². The largest absolute Gasteiger partial charge is 0.469 e. The Morgan fingerprint density at radius 2 is 2.33 bits per heavy atom. The van der Waals surface area contributed by atoms with Crippen molar-refractivity contribution in [2.75, 3.05) is 19.6 Å². The van der Waals surface area contributed by atoms with E-state index in [1.807, 2.05) is 12.1 Å². The van der Waals surface area contributed by atoms with Gasteiger partial charge in [-0.3, -0.25) is 9.59 Å². The lowest BCUT2D eigenvalue weighted by Crippen LogP contribution is -2.43. The second-order valence-electron chi connectivity index (χ2n) is 4.45. The fourth-order valence-electron chi connectivity index (χ4n) is 2.04. The van der Waals surface area contributed by atoms with Gasteiger partial charge in [-0.05, 0) is 25.0 Å². The number of furan rings is 1. The Hall–Kier alpha value is -1.78. The summed E-state index contributed by atoms with van der Waals surface area (Å²) in [4.78, 5) is 24.8. The van der Waals surface area contributed by atoms with Gasteiger partial charge >= 0.3 is 0 Å². The second kappa shape index (κ2) is 6.23. The number of carbonyl (C=O) groups excluding carboxylic acids is 2. The summed E-state index contributed by atoms with van der Waals surface area (Å²) in [5.41, 5.74) is 0. The highest BCUT2D eigenvalue weighted by atomic mass is 16.3. The van der Waals surface area contributed by atoms with Crippen molar-refractivity contribution < 1.29 is 14.0 Å². The van der Waals surface area contributed by atoms with E-state index in [-0.39, 0.29) is 18.4 Å². The molecule has 1 saturated heterocycles. The maximum atomic E-state index is 11.6. The first-order valence-corrected chi connectivity index (χ1v) is 6.32. The van der Waals surface area contributed by atoms with Crippen molar-refractivity contribution in [2.45, 2.75) is 25.7 Å². The Morgan fingerprint density at radius 1 is 1.44 bits per heavy atom. The van der Waals surface area contributed by atoms with Crippen LogP contribution in [0.1, 0.15) is 25.0 Å². The van der Waals surface area contributed by atoms with Crippen molar-refractivity contribution in [3.8, 4) is 0 Å². The lowest BCUT2D eigenvalue weighted by molar-refractivity contribution is -0.137. The molecule has 5 nitrogen and oxygen atoms in total. The summed E-state index contributed by atoms with van der Waals surface area (Å²) in [7, 11) is 0. The first kappa shape index (κ1) is 12.7. The average Bonchev–Trinajstić information content (AvgIpc) is 2.85. The van der Waals surface area contributed by atoms with Gasteiger partial charge in [0, 0.05) is 25.9 Å². The normalized spacial score (nSPS) is 15.8. The fourth-order valence-corrected chi connectivity index (χ4v) is 2.04. The lowest BCUT2D eigenvalue weighted by atomic mass is 10.1. The molecule has 2 rings (SSSR count). The lowest BCUT2D eigenvalue weighted by Gasteiger charge is -2.25. The van der Waals surface area contributed by atoms with E-state index in [1.54, 1.807) is 11.2 Å². The maximum absolute atomic E-state index is 11.6. The molecule has 0 saturated carbocycles. The molecule has 1 aliphatic heterocycles. The topological polar surface area (TPSA) is 62.6 Å². The predicted molar refractivity (Wildman–Crippen MR) is 65.9 cm³/mol. The summed E-state index contributed by atoms with van der Waals surface area (Å²) in [6.07, 6.45) is 4.79. The number of piperidine rings is 1. The SMILES string of the molecule is O=C(CN1CCCCC1=O)NCCc1ccco1. The molecule has 0 unspecified atom stereocenters. The van der Waals surface area contributed by atoms with Gasteiger partial charge in [-0.1, -0.05) is 0 Å². The van der Waals surface area contributed by atoms with E-state index in [9.17, 15) is 9.59 Å². The molecular weight excluding hydrogens is 232 g/mol. The molecule has 1 N–H and O–H groups in total. The van der Waals surface area contributed by atoms with E-state index in [4.69, 9.17) is 4.42 Å². The number of amides is 2. The zero-order valence-corrected chi connectivity index (χ0v) is 10.4. The first-order valence-electron chi connectivity index (χ1n) is 6.32. The summed E-state index contributed by atoms with van der Waals surface area (Å²) < 4.78 is 5.17. The highest BCUT2D eigenvalue weighted by molar-refractivity contribution is 5.85. The van der Waals surface area contributed by atoms with Crippen LogP contribution < -0.4 is 5.32 Å². The highest BCUT2D eigenvalue weighted by Crippen LogP contribution is 2.09. The number of likely N-dealkylation sites (tertiary alicyclic amines) is 1. The zero-order chi connectivity index (χ0) is 12.8. The number of hydrogen-bond acceptors (Lipinski definition) is 3. The minimum Gasteiger partial charge on any atom is -0.469 e. The zero-order valence-electron chi connectivity index (χ0n) is 10.4. The highest BCUT2D eigenvalue weighted by Gasteiger charge is 2.19. The minimum atomic E-state index is -0.100. The van der Waals surface area contributed by atoms with Crippen molar-refractivity contribution in [3.63, 3.8) is 0 Å². The Balaban J connectivity index is 1.67. The number of nitrogens with zero attached hydrogens (tertiary/aromatic N) is 1. The van der Waals surface area contributed by atoms with Gasteiger partial charge in [0.25, 0.3) is 0 Å². The molecule has 1 fully saturated rings. The van der Waals surface area contributed by atoms with Crippen molar-refractivity contribution in [2.24, 2.45) is 0 Å². The molecule has 0 aliphatic carbocycles. The van der Waals surface area contributed by atoms with Gasteiger partial charge in [0.1, 0.15) is 5.76 Å². The minimum absolute atomic E-state index is 0.0856. The first-order chi connectivity index (χ1) is 8.75. The Kier molecular flexibility index (Phi) is 4.39. The Labute approximate surface area is 106 Å². The second-order valence-corrected chi connectivity index (χ2v) is 4.45. The van der Waals surface area contributed by atoms with E-state index in [1.165, 1.54) is 0 Å². The molecule has 1 aromatic heterocycles. The Bertz CT molecular complexity index is 400. The predicted octanol–water partition coefficient (Wildman–Crippen LogP) is 0.951. The van der Waals surface area contributed by atoms with Crippen molar-refractivity contribution in [3.05, 3.63) is 24.2 Å². The summed E-state index contributed by atoms with van der Waals surface area (Å²) in [5, 5.41) is 2.80. The van der Waals surface area contributed by atoms with Crippen LogP contribution >= 0.6 is 0 Å². The molecule has 0 radical (unpaired) electrons. The van der Waals surface area contributed by atoms with Gasteiger partial charge in [0.05, 0.1) is 12.8 Å². The van der Waals surface area contributed by atoms with Gasteiger partial charge in [-0.15, -0.1) is 0 Å². The summed E-state index contributed by atoms with van der Waals surface area (Å²) in [6.45, 7) is 1.41. The third-order valence-electron chi connectivity index (χ3n) is 3.03. The smallest absolute Gasteiger partial charge is 0.239 e. The molecule has 2 amide bonds. The quantitative estimate of drug-likeness (QED) is 0.846. The monoisotopic (exact) mass is 250 g/mol. The third kappa shape index (κ3) is 3.61. The van der Waals surface area contributed by atoms with Crippen molar-refractivity contribution >= 4 is 11.8 Å². The number of carbonyl (C=O) groups is 2. The molecule has 18 heavy (non-hydrogen) atoms. The van der Waals surface area contributed by atoms with Crippen LogP contribution in [0, 0.1) is 0 Å². The van der Waals surface area contributed by atoms with Crippen LogP contribution in [0.4, 0.5) is 0 Å². The fraction of sp³-hybridized carbons (Fsp3) is 0.538. The molecule has 98 valence electrons. The molecule has 0 spiro atoms. The van der Waals surface area contributed by atoms with E-state index in [0.717, 1.165) is 18.6 Å². The van der Waals surface area contributed by atoms with Crippen LogP contribution in [0.2, 0.25) is 0 Å². The molecule has 1 aromatic rings. The van der Waals surface area contributed by atoms with Crippen LogP contribution in [0.25, 0.3) is 0 Å². The molecule has 0 bridgehead atoms. The molecule has 0 aromatic carbocycles.